The molecule has 2 rings (SSSR count). The Morgan fingerprint density at radius 1 is 1.39 bits per heavy atom. The summed E-state index contributed by atoms with van der Waals surface area (Å²) in [6.45, 7) is 6.53. The number of ketones is 1. The zero-order valence-electron chi connectivity index (χ0n) is 11.7. The predicted molar refractivity (Wildman–Crippen MR) is 76.1 cm³/mol. The van der Waals surface area contributed by atoms with Crippen molar-refractivity contribution in [3.63, 3.8) is 0 Å². The van der Waals surface area contributed by atoms with E-state index in [0.717, 1.165) is 30.0 Å². The van der Waals surface area contributed by atoms with Gasteiger partial charge in [0.05, 0.1) is 10.7 Å². The van der Waals surface area contributed by atoms with Crippen molar-refractivity contribution >= 4 is 17.1 Å². The topological polar surface area (TPSA) is 30.0 Å². The average molecular weight is 265 g/mol. The lowest BCUT2D eigenvalue weighted by molar-refractivity contribution is -0.122. The molecule has 0 atom stereocenters. The van der Waals surface area contributed by atoms with Gasteiger partial charge in [0.15, 0.2) is 0 Å². The van der Waals surface area contributed by atoms with Gasteiger partial charge >= 0.3 is 0 Å². The maximum atomic E-state index is 12.0. The van der Waals surface area contributed by atoms with Crippen molar-refractivity contribution in [2.75, 3.05) is 0 Å². The Morgan fingerprint density at radius 3 is 2.61 bits per heavy atom. The third-order valence-electron chi connectivity index (χ3n) is 3.72. The van der Waals surface area contributed by atoms with E-state index in [9.17, 15) is 4.79 Å². The number of hydrogen-bond donors (Lipinski definition) is 0. The Bertz CT molecular complexity index is 410. The molecular formula is C15H23NOS. The summed E-state index contributed by atoms with van der Waals surface area (Å²) in [6, 6.07) is 0. The lowest BCUT2D eigenvalue weighted by atomic mass is 9.93. The predicted octanol–water partition coefficient (Wildman–Crippen LogP) is 4.13. The lowest BCUT2D eigenvalue weighted by Gasteiger charge is -2.14. The van der Waals surface area contributed by atoms with Gasteiger partial charge in [-0.3, -0.25) is 4.79 Å². The number of carbonyl (C=O) groups is 1. The molecular weight excluding hydrogens is 242 g/mol. The van der Waals surface area contributed by atoms with Crippen LogP contribution in [0.15, 0.2) is 5.38 Å². The normalized spacial score (nSPS) is 17.3. The highest BCUT2D eigenvalue weighted by Gasteiger charge is 2.23. The smallest absolute Gasteiger partial charge is 0.136 e. The van der Waals surface area contributed by atoms with Crippen LogP contribution in [-0.2, 0) is 16.6 Å². The van der Waals surface area contributed by atoms with Crippen LogP contribution < -0.4 is 0 Å². The first-order valence-electron chi connectivity index (χ1n) is 6.94. The fourth-order valence-electron chi connectivity index (χ4n) is 2.45. The molecule has 0 spiro atoms. The van der Waals surface area contributed by atoms with E-state index in [0.29, 0.717) is 18.1 Å². The quantitative estimate of drug-likeness (QED) is 0.819. The minimum atomic E-state index is 0.115. The Kier molecular flexibility index (Phi) is 4.21. The van der Waals surface area contributed by atoms with Crippen molar-refractivity contribution in [1.82, 2.24) is 4.98 Å². The number of aromatic nitrogens is 1. The molecule has 0 radical (unpaired) electrons. The van der Waals surface area contributed by atoms with Gasteiger partial charge < -0.3 is 0 Å². The Labute approximate surface area is 114 Å². The van der Waals surface area contributed by atoms with Gasteiger partial charge in [-0.1, -0.05) is 33.6 Å². The second-order valence-electron chi connectivity index (χ2n) is 6.32. The summed E-state index contributed by atoms with van der Waals surface area (Å²) >= 11 is 1.70. The molecule has 0 aromatic carbocycles. The summed E-state index contributed by atoms with van der Waals surface area (Å²) in [7, 11) is 0. The van der Waals surface area contributed by atoms with E-state index < -0.39 is 0 Å². The van der Waals surface area contributed by atoms with Crippen LogP contribution in [-0.4, -0.2) is 10.8 Å². The van der Waals surface area contributed by atoms with Crippen molar-refractivity contribution < 1.29 is 4.79 Å². The molecule has 0 unspecified atom stereocenters. The van der Waals surface area contributed by atoms with Crippen LogP contribution in [0.1, 0.15) is 63.6 Å². The van der Waals surface area contributed by atoms with Crippen LogP contribution in [0.25, 0.3) is 0 Å². The van der Waals surface area contributed by atoms with E-state index in [1.54, 1.807) is 11.3 Å². The van der Waals surface area contributed by atoms with E-state index in [-0.39, 0.29) is 5.41 Å². The third-order valence-corrected chi connectivity index (χ3v) is 4.62. The zero-order valence-corrected chi connectivity index (χ0v) is 12.5. The number of aryl methyl sites for hydroxylation is 1. The molecule has 100 valence electrons. The van der Waals surface area contributed by atoms with Crippen molar-refractivity contribution in [2.24, 2.45) is 5.92 Å². The molecule has 1 aliphatic rings. The van der Waals surface area contributed by atoms with Crippen LogP contribution in [0.3, 0.4) is 0 Å². The first-order chi connectivity index (χ1) is 8.47. The molecule has 0 saturated heterocycles. The molecule has 1 saturated carbocycles. The standard InChI is InChI=1S/C15H23NOS/c1-15(2,3)13-10-18-14(16-13)9-8-12(17)11-6-4-5-7-11/h10-11H,4-9H2,1-3H3. The maximum Gasteiger partial charge on any atom is 0.136 e. The SMILES string of the molecule is CC(C)(C)c1csc(CCC(=O)C2CCCC2)n1. The second-order valence-corrected chi connectivity index (χ2v) is 7.27. The van der Waals surface area contributed by atoms with E-state index in [1.165, 1.54) is 12.8 Å². The van der Waals surface area contributed by atoms with Gasteiger partial charge in [-0.15, -0.1) is 11.3 Å². The van der Waals surface area contributed by atoms with E-state index >= 15 is 0 Å². The molecule has 1 aliphatic carbocycles. The number of thiazole rings is 1. The highest BCUT2D eigenvalue weighted by molar-refractivity contribution is 7.09. The minimum Gasteiger partial charge on any atom is -0.299 e. The van der Waals surface area contributed by atoms with Crippen LogP contribution >= 0.6 is 11.3 Å². The first-order valence-corrected chi connectivity index (χ1v) is 7.82. The van der Waals surface area contributed by atoms with Crippen LogP contribution in [0, 0.1) is 5.92 Å². The highest BCUT2D eigenvalue weighted by Crippen LogP contribution is 2.28. The molecule has 0 amide bonds. The largest absolute Gasteiger partial charge is 0.299 e. The molecule has 1 aromatic heterocycles. The molecule has 0 aliphatic heterocycles. The summed E-state index contributed by atoms with van der Waals surface area (Å²) in [4.78, 5) is 16.6. The summed E-state index contributed by atoms with van der Waals surface area (Å²) < 4.78 is 0. The fourth-order valence-corrected chi connectivity index (χ4v) is 3.48. The molecule has 1 heterocycles. The zero-order chi connectivity index (χ0) is 13.2. The van der Waals surface area contributed by atoms with Crippen molar-refractivity contribution in [3.8, 4) is 0 Å². The number of rotatable bonds is 4. The fraction of sp³-hybridized carbons (Fsp3) is 0.733. The molecule has 0 N–H and O–H groups in total. The maximum absolute atomic E-state index is 12.0. The molecule has 3 heteroatoms. The van der Waals surface area contributed by atoms with E-state index in [2.05, 4.69) is 31.1 Å². The Morgan fingerprint density at radius 2 is 2.06 bits per heavy atom. The third kappa shape index (κ3) is 3.41. The summed E-state index contributed by atoms with van der Waals surface area (Å²) in [5.74, 6) is 0.812. The molecule has 1 fully saturated rings. The molecule has 2 nitrogen and oxygen atoms in total. The lowest BCUT2D eigenvalue weighted by Crippen LogP contribution is -2.13. The van der Waals surface area contributed by atoms with Gasteiger partial charge in [0, 0.05) is 29.6 Å². The van der Waals surface area contributed by atoms with E-state index in [4.69, 9.17) is 0 Å². The van der Waals surface area contributed by atoms with Crippen molar-refractivity contribution in [3.05, 3.63) is 16.1 Å². The van der Waals surface area contributed by atoms with Gasteiger partial charge in [-0.2, -0.15) is 0 Å². The van der Waals surface area contributed by atoms with Gasteiger partial charge in [0.1, 0.15) is 5.78 Å². The number of carbonyl (C=O) groups excluding carboxylic acids is 1. The summed E-state index contributed by atoms with van der Waals surface area (Å²) in [5, 5.41) is 3.25. The molecule has 1 aromatic rings. The van der Waals surface area contributed by atoms with Gasteiger partial charge in [-0.05, 0) is 12.8 Å². The van der Waals surface area contributed by atoms with Gasteiger partial charge in [0.25, 0.3) is 0 Å². The monoisotopic (exact) mass is 265 g/mol. The molecule has 18 heavy (non-hydrogen) atoms. The van der Waals surface area contributed by atoms with Crippen molar-refractivity contribution in [2.45, 2.75) is 64.7 Å². The van der Waals surface area contributed by atoms with Gasteiger partial charge in [0.2, 0.25) is 0 Å². The van der Waals surface area contributed by atoms with Crippen molar-refractivity contribution in [1.29, 1.82) is 0 Å². The Balaban J connectivity index is 1.86. The molecule has 0 bridgehead atoms. The number of hydrogen-bond acceptors (Lipinski definition) is 3. The number of nitrogens with zero attached hydrogens (tertiary/aromatic N) is 1. The summed E-state index contributed by atoms with van der Waals surface area (Å²) in [6.07, 6.45) is 6.22. The van der Waals surface area contributed by atoms with E-state index in [1.807, 2.05) is 0 Å². The van der Waals surface area contributed by atoms with Crippen LogP contribution in [0.4, 0.5) is 0 Å². The van der Waals surface area contributed by atoms with Crippen LogP contribution in [0.5, 0.6) is 0 Å². The first kappa shape index (κ1) is 13.7. The minimum absolute atomic E-state index is 0.115. The highest BCUT2D eigenvalue weighted by atomic mass is 32.1. The summed E-state index contributed by atoms with van der Waals surface area (Å²) in [5.41, 5.74) is 1.26. The van der Waals surface area contributed by atoms with Crippen LogP contribution in [0.2, 0.25) is 0 Å². The van der Waals surface area contributed by atoms with Gasteiger partial charge in [-0.25, -0.2) is 4.98 Å². The number of Topliss-reactive ketones (excluding diaryl/α,β-unsaturated/α-hetero) is 1. The average Bonchev–Trinajstić information content (AvgIpc) is 2.96. The second kappa shape index (κ2) is 5.52. The Hall–Kier alpha value is -0.700.